The van der Waals surface area contributed by atoms with Crippen molar-refractivity contribution in [3.63, 3.8) is 0 Å². The molecule has 1 heterocycles. The summed E-state index contributed by atoms with van der Waals surface area (Å²) in [6.45, 7) is 7.75. The van der Waals surface area contributed by atoms with Crippen LogP contribution in [0.15, 0.2) is 0 Å². The zero-order valence-corrected chi connectivity index (χ0v) is 15.0. The fourth-order valence-corrected chi connectivity index (χ4v) is 4.18. The number of hydrogen-bond donors (Lipinski definition) is 0. The molecule has 0 aliphatic carbocycles. The Kier molecular flexibility index (Phi) is 8.81. The Balaban J connectivity index is 2.48. The van der Waals surface area contributed by atoms with E-state index >= 15 is 0 Å². The van der Waals surface area contributed by atoms with E-state index < -0.39 is 10.0 Å². The summed E-state index contributed by atoms with van der Waals surface area (Å²) in [5.41, 5.74) is 0. The Morgan fingerprint density at radius 3 is 2.09 bits per heavy atom. The van der Waals surface area contributed by atoms with E-state index in [4.69, 9.17) is 14.2 Å². The minimum atomic E-state index is -3.27. The number of hydrogen-bond acceptors (Lipinski definition) is 6. The molecule has 2 unspecified atom stereocenters. The topological polar surface area (TPSA) is 68.3 Å². The molecule has 0 aromatic carbocycles. The average molecular weight is 338 g/mol. The molecule has 0 amide bonds. The van der Waals surface area contributed by atoms with Crippen LogP contribution in [0.1, 0.15) is 13.8 Å². The van der Waals surface area contributed by atoms with E-state index in [2.05, 4.69) is 18.7 Å². The van der Waals surface area contributed by atoms with Gasteiger partial charge in [-0.05, 0) is 13.8 Å². The Morgan fingerprint density at radius 2 is 1.55 bits per heavy atom. The molecule has 22 heavy (non-hydrogen) atoms. The van der Waals surface area contributed by atoms with Crippen molar-refractivity contribution in [1.29, 1.82) is 0 Å². The summed E-state index contributed by atoms with van der Waals surface area (Å²) in [4.78, 5) is 2.30. The van der Waals surface area contributed by atoms with E-state index in [1.807, 2.05) is 0 Å². The second kappa shape index (κ2) is 9.79. The third kappa shape index (κ3) is 6.10. The van der Waals surface area contributed by atoms with Crippen molar-refractivity contribution in [3.8, 4) is 0 Å². The van der Waals surface area contributed by atoms with Gasteiger partial charge >= 0.3 is 0 Å². The van der Waals surface area contributed by atoms with Gasteiger partial charge in [0.15, 0.2) is 0 Å². The van der Waals surface area contributed by atoms with Gasteiger partial charge < -0.3 is 14.2 Å². The Bertz CT molecular complexity index is 392. The molecule has 0 saturated carbocycles. The highest BCUT2D eigenvalue weighted by atomic mass is 32.2. The summed E-state index contributed by atoms with van der Waals surface area (Å²) < 4.78 is 41.6. The molecule has 1 aliphatic heterocycles. The SMILES string of the molecule is COCCOCCS(=O)(=O)N1CC(C)N(CCOC)C(C)C1. The minimum absolute atomic E-state index is 0.0220. The summed E-state index contributed by atoms with van der Waals surface area (Å²) in [5.74, 6) is 0.0220. The number of sulfonamides is 1. The third-order valence-electron chi connectivity index (χ3n) is 3.93. The van der Waals surface area contributed by atoms with E-state index in [0.29, 0.717) is 32.9 Å². The van der Waals surface area contributed by atoms with Crippen LogP contribution < -0.4 is 0 Å². The normalized spacial score (nSPS) is 24.7. The van der Waals surface area contributed by atoms with E-state index in [1.54, 1.807) is 18.5 Å². The van der Waals surface area contributed by atoms with E-state index in [9.17, 15) is 8.42 Å². The molecule has 0 N–H and O–H groups in total. The third-order valence-corrected chi connectivity index (χ3v) is 5.70. The zero-order chi connectivity index (χ0) is 16.6. The van der Waals surface area contributed by atoms with Crippen LogP contribution in [0.25, 0.3) is 0 Å². The van der Waals surface area contributed by atoms with Crippen LogP contribution in [0.4, 0.5) is 0 Å². The zero-order valence-electron chi connectivity index (χ0n) is 14.2. The summed E-state index contributed by atoms with van der Waals surface area (Å²) in [6.07, 6.45) is 0. The smallest absolute Gasteiger partial charge is 0.216 e. The van der Waals surface area contributed by atoms with Crippen LogP contribution in [0.2, 0.25) is 0 Å². The van der Waals surface area contributed by atoms with E-state index in [0.717, 1.165) is 6.54 Å². The summed E-state index contributed by atoms with van der Waals surface area (Å²) in [6, 6.07) is 0.367. The quantitative estimate of drug-likeness (QED) is 0.523. The van der Waals surface area contributed by atoms with Crippen molar-refractivity contribution in [3.05, 3.63) is 0 Å². The first-order valence-electron chi connectivity index (χ1n) is 7.71. The van der Waals surface area contributed by atoms with Crippen molar-refractivity contribution in [1.82, 2.24) is 9.21 Å². The number of methoxy groups -OCH3 is 2. The number of rotatable bonds is 10. The summed E-state index contributed by atoms with van der Waals surface area (Å²) in [7, 11) is -0.00127. The fraction of sp³-hybridized carbons (Fsp3) is 1.00. The maximum absolute atomic E-state index is 12.4. The van der Waals surface area contributed by atoms with Gasteiger partial charge in [-0.1, -0.05) is 0 Å². The molecule has 1 saturated heterocycles. The maximum atomic E-state index is 12.4. The molecule has 8 heteroatoms. The van der Waals surface area contributed by atoms with Crippen molar-refractivity contribution in [2.24, 2.45) is 0 Å². The van der Waals surface area contributed by atoms with Gasteiger partial charge in [0, 0.05) is 45.9 Å². The molecule has 7 nitrogen and oxygen atoms in total. The standard InChI is InChI=1S/C14H30N2O5S/c1-13-11-15(12-14(2)16(13)5-6-19-3)22(17,18)10-9-21-8-7-20-4/h13-14H,5-12H2,1-4H3. The van der Waals surface area contributed by atoms with Crippen molar-refractivity contribution < 1.29 is 22.6 Å². The van der Waals surface area contributed by atoms with Crippen LogP contribution in [-0.4, -0.2) is 95.7 Å². The van der Waals surface area contributed by atoms with Crippen LogP contribution >= 0.6 is 0 Å². The number of nitrogens with zero attached hydrogens (tertiary/aromatic N) is 2. The number of piperazine rings is 1. The van der Waals surface area contributed by atoms with Crippen LogP contribution in [-0.2, 0) is 24.2 Å². The highest BCUT2D eigenvalue weighted by molar-refractivity contribution is 7.89. The Morgan fingerprint density at radius 1 is 0.955 bits per heavy atom. The van der Waals surface area contributed by atoms with Crippen LogP contribution in [0.3, 0.4) is 0 Å². The molecule has 0 aromatic heterocycles. The molecule has 0 spiro atoms. The lowest BCUT2D eigenvalue weighted by atomic mass is 10.1. The van der Waals surface area contributed by atoms with Crippen molar-refractivity contribution in [2.75, 3.05) is 66.0 Å². The van der Waals surface area contributed by atoms with E-state index in [-0.39, 0.29) is 24.4 Å². The van der Waals surface area contributed by atoms with Crippen molar-refractivity contribution >= 4 is 10.0 Å². The molecule has 1 rings (SSSR count). The molecule has 1 aliphatic rings. The van der Waals surface area contributed by atoms with Gasteiger partial charge in [-0.2, -0.15) is 4.31 Å². The number of ether oxygens (including phenoxy) is 3. The monoisotopic (exact) mass is 338 g/mol. The van der Waals surface area contributed by atoms with Gasteiger partial charge in [-0.25, -0.2) is 8.42 Å². The first-order valence-corrected chi connectivity index (χ1v) is 9.32. The average Bonchev–Trinajstić information content (AvgIpc) is 2.46. The van der Waals surface area contributed by atoms with Gasteiger partial charge in [-0.15, -0.1) is 0 Å². The second-order valence-corrected chi connectivity index (χ2v) is 7.76. The van der Waals surface area contributed by atoms with Crippen molar-refractivity contribution in [2.45, 2.75) is 25.9 Å². The molecule has 2 atom stereocenters. The largest absolute Gasteiger partial charge is 0.383 e. The highest BCUT2D eigenvalue weighted by Crippen LogP contribution is 2.18. The summed E-state index contributed by atoms with van der Waals surface area (Å²) in [5, 5.41) is 0. The first-order chi connectivity index (χ1) is 10.4. The first kappa shape index (κ1) is 19.8. The second-order valence-electron chi connectivity index (χ2n) is 5.67. The van der Waals surface area contributed by atoms with Crippen LogP contribution in [0.5, 0.6) is 0 Å². The molecule has 0 aromatic rings. The lowest BCUT2D eigenvalue weighted by molar-refractivity contribution is 0.0487. The predicted molar refractivity (Wildman–Crippen MR) is 85.6 cm³/mol. The molecule has 0 radical (unpaired) electrons. The molecule has 132 valence electrons. The van der Waals surface area contributed by atoms with Gasteiger partial charge in [0.05, 0.1) is 32.2 Å². The Labute approximate surface area is 134 Å². The molecule has 0 bridgehead atoms. The van der Waals surface area contributed by atoms with Gasteiger partial charge in [0.1, 0.15) is 0 Å². The van der Waals surface area contributed by atoms with Gasteiger partial charge in [-0.3, -0.25) is 4.90 Å². The lowest BCUT2D eigenvalue weighted by Crippen LogP contribution is -2.58. The lowest BCUT2D eigenvalue weighted by Gasteiger charge is -2.43. The fourth-order valence-electron chi connectivity index (χ4n) is 2.71. The Hall–Kier alpha value is -0.250. The van der Waals surface area contributed by atoms with Gasteiger partial charge in [0.25, 0.3) is 0 Å². The molecular weight excluding hydrogens is 308 g/mol. The minimum Gasteiger partial charge on any atom is -0.383 e. The predicted octanol–water partition coefficient (Wildman–Crippen LogP) is 0.0202. The van der Waals surface area contributed by atoms with E-state index in [1.165, 1.54) is 0 Å². The van der Waals surface area contributed by atoms with Crippen LogP contribution in [0, 0.1) is 0 Å². The highest BCUT2D eigenvalue weighted by Gasteiger charge is 2.34. The molecular formula is C14H30N2O5S. The summed E-state index contributed by atoms with van der Waals surface area (Å²) >= 11 is 0. The van der Waals surface area contributed by atoms with Gasteiger partial charge in [0.2, 0.25) is 10.0 Å². The molecule has 1 fully saturated rings. The maximum Gasteiger partial charge on any atom is 0.216 e.